The molecule has 1 N–H and O–H groups in total. The zero-order valence-corrected chi connectivity index (χ0v) is 10.3. The van der Waals surface area contributed by atoms with Crippen molar-refractivity contribution in [2.75, 3.05) is 0 Å². The van der Waals surface area contributed by atoms with Crippen molar-refractivity contribution >= 4 is 34.8 Å². The first-order valence-electron chi connectivity index (χ1n) is 4.00. The lowest BCUT2D eigenvalue weighted by molar-refractivity contribution is 0.181. The SMILES string of the molecule is Cc1nn(C)c(C)c1[C@@H](O)C(Cl)(Cl)Cl. The largest absolute Gasteiger partial charge is 0.384 e. The van der Waals surface area contributed by atoms with Gasteiger partial charge in [0.15, 0.2) is 0 Å². The minimum absolute atomic E-state index is 0.576. The van der Waals surface area contributed by atoms with Gasteiger partial charge >= 0.3 is 0 Å². The van der Waals surface area contributed by atoms with Crippen molar-refractivity contribution in [3.63, 3.8) is 0 Å². The molecule has 0 aliphatic carbocycles. The Kier molecular flexibility index (Phi) is 3.37. The molecule has 1 heterocycles. The average molecular weight is 258 g/mol. The van der Waals surface area contributed by atoms with Gasteiger partial charge in [-0.15, -0.1) is 0 Å². The molecule has 0 aliphatic rings. The van der Waals surface area contributed by atoms with Gasteiger partial charge in [0.1, 0.15) is 6.10 Å². The maximum Gasteiger partial charge on any atom is 0.220 e. The summed E-state index contributed by atoms with van der Waals surface area (Å²) >= 11 is 16.8. The summed E-state index contributed by atoms with van der Waals surface area (Å²) in [6.45, 7) is 3.58. The first kappa shape index (κ1) is 12.1. The molecular weight excluding hydrogens is 246 g/mol. The minimum atomic E-state index is -1.72. The van der Waals surface area contributed by atoms with Gasteiger partial charge in [0.2, 0.25) is 3.79 Å². The van der Waals surface area contributed by atoms with Crippen LogP contribution in [0.5, 0.6) is 0 Å². The van der Waals surface area contributed by atoms with E-state index in [0.29, 0.717) is 11.3 Å². The molecule has 0 fully saturated rings. The lowest BCUT2D eigenvalue weighted by Crippen LogP contribution is -2.17. The van der Waals surface area contributed by atoms with E-state index in [2.05, 4.69) is 5.10 Å². The highest BCUT2D eigenvalue weighted by Crippen LogP contribution is 2.41. The van der Waals surface area contributed by atoms with Crippen LogP contribution >= 0.6 is 34.8 Å². The van der Waals surface area contributed by atoms with Crippen LogP contribution in [0.3, 0.4) is 0 Å². The van der Waals surface area contributed by atoms with Crippen LogP contribution < -0.4 is 0 Å². The van der Waals surface area contributed by atoms with Gasteiger partial charge in [0.25, 0.3) is 0 Å². The third kappa shape index (κ3) is 2.16. The number of aryl methyl sites for hydroxylation is 2. The first-order chi connectivity index (χ1) is 6.25. The summed E-state index contributed by atoms with van der Waals surface area (Å²) in [6, 6.07) is 0. The van der Waals surface area contributed by atoms with Crippen LogP contribution in [-0.2, 0) is 7.05 Å². The number of alkyl halides is 3. The fourth-order valence-corrected chi connectivity index (χ4v) is 1.68. The van der Waals surface area contributed by atoms with E-state index in [9.17, 15) is 5.11 Å². The normalized spacial score (nSPS) is 14.5. The molecule has 0 radical (unpaired) electrons. The van der Waals surface area contributed by atoms with Gasteiger partial charge in [-0.25, -0.2) is 0 Å². The molecule has 1 rings (SSSR count). The molecule has 6 heteroatoms. The highest BCUT2D eigenvalue weighted by molar-refractivity contribution is 6.68. The Bertz CT molecular complexity index is 343. The zero-order chi connectivity index (χ0) is 11.1. The van der Waals surface area contributed by atoms with E-state index >= 15 is 0 Å². The van der Waals surface area contributed by atoms with Gasteiger partial charge < -0.3 is 5.11 Å². The second kappa shape index (κ2) is 3.89. The van der Waals surface area contributed by atoms with E-state index in [1.807, 2.05) is 6.92 Å². The highest BCUT2D eigenvalue weighted by atomic mass is 35.6. The topological polar surface area (TPSA) is 38.0 Å². The van der Waals surface area contributed by atoms with Crippen LogP contribution in [0.2, 0.25) is 0 Å². The summed E-state index contributed by atoms with van der Waals surface area (Å²) in [5, 5.41) is 13.9. The summed E-state index contributed by atoms with van der Waals surface area (Å²) in [5.41, 5.74) is 2.04. The second-order valence-corrected chi connectivity index (χ2v) is 5.52. The number of hydrogen-bond donors (Lipinski definition) is 1. The molecule has 0 amide bonds. The molecule has 0 saturated heterocycles. The molecule has 3 nitrogen and oxygen atoms in total. The molecule has 80 valence electrons. The van der Waals surface area contributed by atoms with Crippen molar-refractivity contribution in [3.8, 4) is 0 Å². The van der Waals surface area contributed by atoms with Crippen molar-refractivity contribution < 1.29 is 5.11 Å². The van der Waals surface area contributed by atoms with Crippen LogP contribution in [-0.4, -0.2) is 18.7 Å². The predicted molar refractivity (Wildman–Crippen MR) is 57.9 cm³/mol. The van der Waals surface area contributed by atoms with Crippen LogP contribution in [0, 0.1) is 13.8 Å². The Labute approximate surface area is 97.6 Å². The molecular formula is C8H11Cl3N2O. The Morgan fingerprint density at radius 2 is 1.86 bits per heavy atom. The maximum absolute atomic E-state index is 9.78. The third-order valence-corrected chi connectivity index (χ3v) is 2.77. The second-order valence-electron chi connectivity index (χ2n) is 3.15. The quantitative estimate of drug-likeness (QED) is 0.785. The molecule has 0 aliphatic heterocycles. The van der Waals surface area contributed by atoms with Crippen LogP contribution in [0.25, 0.3) is 0 Å². The number of halogens is 3. The Hall–Kier alpha value is 0.0400. The summed E-state index contributed by atoms with van der Waals surface area (Å²) < 4.78 is -0.0805. The molecule has 1 aromatic heterocycles. The van der Waals surface area contributed by atoms with E-state index in [-0.39, 0.29) is 0 Å². The van der Waals surface area contributed by atoms with Crippen molar-refractivity contribution in [2.24, 2.45) is 7.05 Å². The van der Waals surface area contributed by atoms with E-state index in [1.165, 1.54) is 0 Å². The number of nitrogens with zero attached hydrogens (tertiary/aromatic N) is 2. The van der Waals surface area contributed by atoms with Crippen LogP contribution in [0.4, 0.5) is 0 Å². The van der Waals surface area contributed by atoms with Crippen molar-refractivity contribution in [3.05, 3.63) is 17.0 Å². The fourth-order valence-electron chi connectivity index (χ4n) is 1.35. The summed E-state index contributed by atoms with van der Waals surface area (Å²) in [5.74, 6) is 0. The predicted octanol–water partition coefficient (Wildman–Crippen LogP) is 2.44. The molecule has 0 bridgehead atoms. The fraction of sp³-hybridized carbons (Fsp3) is 0.625. The molecule has 0 aromatic carbocycles. The first-order valence-corrected chi connectivity index (χ1v) is 5.13. The van der Waals surface area contributed by atoms with Crippen LogP contribution in [0.15, 0.2) is 0 Å². The number of aliphatic hydroxyl groups is 1. The van der Waals surface area contributed by atoms with E-state index in [0.717, 1.165) is 5.69 Å². The Balaban J connectivity index is 3.19. The van der Waals surface area contributed by atoms with E-state index < -0.39 is 9.90 Å². The van der Waals surface area contributed by atoms with Crippen molar-refractivity contribution in [1.29, 1.82) is 0 Å². The van der Waals surface area contributed by atoms with E-state index in [4.69, 9.17) is 34.8 Å². The maximum atomic E-state index is 9.78. The van der Waals surface area contributed by atoms with Crippen LogP contribution in [0.1, 0.15) is 23.1 Å². The number of aliphatic hydroxyl groups excluding tert-OH is 1. The number of rotatable bonds is 1. The average Bonchev–Trinajstić information content (AvgIpc) is 2.24. The number of aromatic nitrogens is 2. The molecule has 0 unspecified atom stereocenters. The zero-order valence-electron chi connectivity index (χ0n) is 8.05. The molecule has 1 aromatic rings. The Morgan fingerprint density at radius 3 is 2.14 bits per heavy atom. The number of hydrogen-bond acceptors (Lipinski definition) is 2. The van der Waals surface area contributed by atoms with Crippen molar-refractivity contribution in [1.82, 2.24) is 9.78 Å². The van der Waals surface area contributed by atoms with Gasteiger partial charge in [0.05, 0.1) is 5.69 Å². The van der Waals surface area contributed by atoms with Gasteiger partial charge in [-0.3, -0.25) is 4.68 Å². The summed E-state index contributed by atoms with van der Waals surface area (Å²) in [7, 11) is 1.77. The van der Waals surface area contributed by atoms with Gasteiger partial charge in [-0.2, -0.15) is 5.10 Å². The molecule has 0 spiro atoms. The highest BCUT2D eigenvalue weighted by Gasteiger charge is 2.35. The summed E-state index contributed by atoms with van der Waals surface area (Å²) in [4.78, 5) is 0. The van der Waals surface area contributed by atoms with Crippen molar-refractivity contribution in [2.45, 2.75) is 23.7 Å². The van der Waals surface area contributed by atoms with E-state index in [1.54, 1.807) is 18.7 Å². The molecule has 0 saturated carbocycles. The van der Waals surface area contributed by atoms with Gasteiger partial charge in [0, 0.05) is 18.3 Å². The summed E-state index contributed by atoms with van der Waals surface area (Å²) in [6.07, 6.45) is -1.15. The molecule has 14 heavy (non-hydrogen) atoms. The monoisotopic (exact) mass is 256 g/mol. The third-order valence-electron chi connectivity index (χ3n) is 2.15. The lowest BCUT2D eigenvalue weighted by Gasteiger charge is -2.19. The standard InChI is InChI=1S/C8H11Cl3N2O/c1-4-6(5(2)13(3)12-4)7(14)8(9,10)11/h7,14H,1-3H3/t7-/m1/s1. The lowest BCUT2D eigenvalue weighted by atomic mass is 10.1. The minimum Gasteiger partial charge on any atom is -0.384 e. The molecule has 1 atom stereocenters. The van der Waals surface area contributed by atoms with Gasteiger partial charge in [-0.1, -0.05) is 34.8 Å². The Morgan fingerprint density at radius 1 is 1.36 bits per heavy atom. The smallest absolute Gasteiger partial charge is 0.220 e. The van der Waals surface area contributed by atoms with Gasteiger partial charge in [-0.05, 0) is 13.8 Å².